The normalized spacial score (nSPS) is 12.1. The minimum atomic E-state index is -0.173. The first kappa shape index (κ1) is 16.1. The number of nitrogens with one attached hydrogen (secondary N) is 1. The molecule has 1 aromatic heterocycles. The van der Waals surface area contributed by atoms with Crippen LogP contribution in [0.5, 0.6) is 0 Å². The van der Waals surface area contributed by atoms with Crippen molar-refractivity contribution in [3.8, 4) is 5.69 Å². The lowest BCUT2D eigenvalue weighted by Gasteiger charge is -2.12. The number of thioether (sulfide) groups is 1. The van der Waals surface area contributed by atoms with E-state index in [4.69, 9.17) is 0 Å². The molecule has 1 heterocycles. The largest absolute Gasteiger partial charge is 0.355 e. The number of benzene rings is 1. The second-order valence-corrected chi connectivity index (χ2v) is 6.83. The maximum atomic E-state index is 11.9. The van der Waals surface area contributed by atoms with E-state index in [9.17, 15) is 4.79 Å². The second kappa shape index (κ2) is 7.66. The molecule has 112 valence electrons. The molecule has 1 atom stereocenters. The number of imidazole rings is 1. The van der Waals surface area contributed by atoms with Crippen LogP contribution < -0.4 is 5.32 Å². The molecule has 1 aromatic carbocycles. The van der Waals surface area contributed by atoms with Crippen LogP contribution in [-0.2, 0) is 4.79 Å². The molecule has 0 aliphatic carbocycles. The summed E-state index contributed by atoms with van der Waals surface area (Å²) < 4.78 is 3.02. The summed E-state index contributed by atoms with van der Waals surface area (Å²) >= 11 is 4.89. The fourth-order valence-corrected chi connectivity index (χ4v) is 2.95. The Balaban J connectivity index is 2.10. The molecule has 1 N–H and O–H groups in total. The van der Waals surface area contributed by atoms with Gasteiger partial charge in [0, 0.05) is 29.1 Å². The van der Waals surface area contributed by atoms with Gasteiger partial charge in [0.15, 0.2) is 5.16 Å². The van der Waals surface area contributed by atoms with Gasteiger partial charge in [0.2, 0.25) is 5.91 Å². The third-order valence-corrected chi connectivity index (χ3v) is 4.52. The average Bonchev–Trinajstić information content (AvgIpc) is 2.93. The Hall–Kier alpha value is -1.27. The number of rotatable bonds is 6. The molecule has 0 spiro atoms. The van der Waals surface area contributed by atoms with Crippen LogP contribution in [0.2, 0.25) is 0 Å². The van der Waals surface area contributed by atoms with Crippen molar-refractivity contribution in [1.29, 1.82) is 0 Å². The van der Waals surface area contributed by atoms with Crippen LogP contribution in [-0.4, -0.2) is 27.3 Å². The zero-order chi connectivity index (χ0) is 15.2. The van der Waals surface area contributed by atoms with Gasteiger partial charge in [-0.1, -0.05) is 34.6 Å². The number of halogens is 1. The van der Waals surface area contributed by atoms with Gasteiger partial charge in [0.05, 0.1) is 5.25 Å². The van der Waals surface area contributed by atoms with E-state index in [0.29, 0.717) is 6.54 Å². The highest BCUT2D eigenvalue weighted by atomic mass is 79.9. The predicted molar refractivity (Wildman–Crippen MR) is 89.9 cm³/mol. The van der Waals surface area contributed by atoms with E-state index in [1.54, 1.807) is 6.20 Å². The summed E-state index contributed by atoms with van der Waals surface area (Å²) in [5.74, 6) is 0.0483. The lowest BCUT2D eigenvalue weighted by atomic mass is 10.3. The molecule has 0 saturated heterocycles. The molecule has 0 aliphatic rings. The minimum Gasteiger partial charge on any atom is -0.355 e. The molecule has 0 aliphatic heterocycles. The van der Waals surface area contributed by atoms with E-state index in [1.165, 1.54) is 11.8 Å². The van der Waals surface area contributed by atoms with E-state index in [2.05, 4.69) is 26.2 Å². The molecule has 6 heteroatoms. The summed E-state index contributed by atoms with van der Waals surface area (Å²) in [7, 11) is 0. The van der Waals surface area contributed by atoms with Gasteiger partial charge < -0.3 is 5.32 Å². The van der Waals surface area contributed by atoms with Crippen LogP contribution in [0.3, 0.4) is 0 Å². The summed E-state index contributed by atoms with van der Waals surface area (Å²) in [6.07, 6.45) is 4.60. The number of hydrogen-bond acceptors (Lipinski definition) is 3. The van der Waals surface area contributed by atoms with Crippen molar-refractivity contribution >= 4 is 33.6 Å². The molecule has 0 fully saturated rings. The van der Waals surface area contributed by atoms with Crippen molar-refractivity contribution in [1.82, 2.24) is 14.9 Å². The van der Waals surface area contributed by atoms with Gasteiger partial charge >= 0.3 is 0 Å². The third-order valence-electron chi connectivity index (χ3n) is 2.91. The molecule has 2 rings (SSSR count). The molecular weight excluding hydrogens is 350 g/mol. The van der Waals surface area contributed by atoms with Gasteiger partial charge in [-0.25, -0.2) is 4.98 Å². The number of nitrogens with zero attached hydrogens (tertiary/aromatic N) is 2. The molecule has 1 amide bonds. The highest BCUT2D eigenvalue weighted by molar-refractivity contribution is 9.10. The van der Waals surface area contributed by atoms with Crippen LogP contribution in [0.15, 0.2) is 46.3 Å². The second-order valence-electron chi connectivity index (χ2n) is 4.61. The fraction of sp³-hybridized carbons (Fsp3) is 0.333. The first-order chi connectivity index (χ1) is 10.1. The molecule has 0 bridgehead atoms. The Morgan fingerprint density at radius 2 is 2.14 bits per heavy atom. The Kier molecular flexibility index (Phi) is 5.87. The Morgan fingerprint density at radius 3 is 2.81 bits per heavy atom. The molecule has 2 aromatic rings. The van der Waals surface area contributed by atoms with Crippen LogP contribution in [0, 0.1) is 0 Å². The predicted octanol–water partition coefficient (Wildman–Crippen LogP) is 3.64. The molecule has 0 radical (unpaired) electrons. The van der Waals surface area contributed by atoms with E-state index in [1.807, 2.05) is 48.9 Å². The molecular formula is C15H18BrN3OS. The summed E-state index contributed by atoms with van der Waals surface area (Å²) in [6.45, 7) is 4.65. The van der Waals surface area contributed by atoms with E-state index in [0.717, 1.165) is 21.7 Å². The molecule has 0 saturated carbocycles. The fourth-order valence-electron chi connectivity index (χ4n) is 1.78. The summed E-state index contributed by atoms with van der Waals surface area (Å²) in [4.78, 5) is 16.3. The first-order valence-corrected chi connectivity index (χ1v) is 8.52. The zero-order valence-corrected chi connectivity index (χ0v) is 14.4. The van der Waals surface area contributed by atoms with Gasteiger partial charge in [0.1, 0.15) is 0 Å². The van der Waals surface area contributed by atoms with E-state index >= 15 is 0 Å². The Bertz CT molecular complexity index is 597. The van der Waals surface area contributed by atoms with Crippen LogP contribution in [0.1, 0.15) is 20.3 Å². The summed E-state index contributed by atoms with van der Waals surface area (Å²) in [6, 6.07) is 8.00. The quantitative estimate of drug-likeness (QED) is 0.792. The van der Waals surface area contributed by atoms with Crippen LogP contribution in [0.4, 0.5) is 0 Å². The number of amides is 1. The molecule has 4 nitrogen and oxygen atoms in total. The molecule has 1 unspecified atom stereocenters. The number of carbonyl (C=O) groups excluding carboxylic acids is 1. The van der Waals surface area contributed by atoms with Gasteiger partial charge in [-0.05, 0) is 37.6 Å². The highest BCUT2D eigenvalue weighted by Crippen LogP contribution is 2.25. The maximum absolute atomic E-state index is 11.9. The van der Waals surface area contributed by atoms with Crippen molar-refractivity contribution < 1.29 is 4.79 Å². The minimum absolute atomic E-state index is 0.0483. The third kappa shape index (κ3) is 4.35. The SMILES string of the molecule is CCCNC(=O)C(C)Sc1nccn1-c1ccc(Br)cc1. The highest BCUT2D eigenvalue weighted by Gasteiger charge is 2.17. The van der Waals surface area contributed by atoms with Crippen molar-refractivity contribution in [3.05, 3.63) is 41.1 Å². The summed E-state index contributed by atoms with van der Waals surface area (Å²) in [5, 5.41) is 3.55. The number of hydrogen-bond donors (Lipinski definition) is 1. The monoisotopic (exact) mass is 367 g/mol. The first-order valence-electron chi connectivity index (χ1n) is 6.85. The topological polar surface area (TPSA) is 46.9 Å². The number of aromatic nitrogens is 2. The van der Waals surface area contributed by atoms with Gasteiger partial charge in [-0.15, -0.1) is 0 Å². The molecule has 21 heavy (non-hydrogen) atoms. The van der Waals surface area contributed by atoms with Gasteiger partial charge in [-0.2, -0.15) is 0 Å². The van der Waals surface area contributed by atoms with Crippen molar-refractivity contribution in [2.75, 3.05) is 6.54 Å². The Labute approximate surface area is 137 Å². The Morgan fingerprint density at radius 1 is 1.43 bits per heavy atom. The summed E-state index contributed by atoms with van der Waals surface area (Å²) in [5.41, 5.74) is 1.03. The van der Waals surface area contributed by atoms with Crippen molar-refractivity contribution in [3.63, 3.8) is 0 Å². The van der Waals surface area contributed by atoms with Gasteiger partial charge in [-0.3, -0.25) is 9.36 Å². The maximum Gasteiger partial charge on any atom is 0.233 e. The van der Waals surface area contributed by atoms with E-state index < -0.39 is 0 Å². The van der Waals surface area contributed by atoms with Gasteiger partial charge in [0.25, 0.3) is 0 Å². The van der Waals surface area contributed by atoms with Crippen molar-refractivity contribution in [2.24, 2.45) is 0 Å². The van der Waals surface area contributed by atoms with Crippen LogP contribution in [0.25, 0.3) is 5.69 Å². The lowest BCUT2D eigenvalue weighted by Crippen LogP contribution is -2.31. The van der Waals surface area contributed by atoms with Crippen LogP contribution >= 0.6 is 27.7 Å². The van der Waals surface area contributed by atoms with E-state index in [-0.39, 0.29) is 11.2 Å². The standard InChI is InChI=1S/C15H18BrN3OS/c1-3-8-17-14(20)11(2)21-15-18-9-10-19(15)13-6-4-12(16)5-7-13/h4-7,9-11H,3,8H2,1-2H3,(H,17,20). The van der Waals surface area contributed by atoms with Crippen molar-refractivity contribution in [2.45, 2.75) is 30.7 Å². The lowest BCUT2D eigenvalue weighted by molar-refractivity contribution is -0.120. The average molecular weight is 368 g/mol. The zero-order valence-electron chi connectivity index (χ0n) is 12.0. The number of carbonyl (C=O) groups is 1. The smallest absolute Gasteiger partial charge is 0.233 e.